The van der Waals surface area contributed by atoms with Gasteiger partial charge in [0.2, 0.25) is 0 Å². The van der Waals surface area contributed by atoms with Crippen LogP contribution in [0.3, 0.4) is 0 Å². The van der Waals surface area contributed by atoms with Crippen molar-refractivity contribution in [3.05, 3.63) is 34.9 Å². The fraction of sp³-hybridized carbons (Fsp3) is 0.600. The average molecular weight is 217 g/mol. The van der Waals surface area contributed by atoms with Crippen LogP contribution < -0.4 is 5.32 Å². The van der Waals surface area contributed by atoms with Crippen molar-refractivity contribution in [3.8, 4) is 0 Å². The molecule has 1 aromatic rings. The molecule has 16 heavy (non-hydrogen) atoms. The van der Waals surface area contributed by atoms with Gasteiger partial charge in [-0.15, -0.1) is 0 Å². The molecule has 0 amide bonds. The Bertz CT molecular complexity index is 343. The summed E-state index contributed by atoms with van der Waals surface area (Å²) in [5.41, 5.74) is 4.64. The lowest BCUT2D eigenvalue weighted by Gasteiger charge is -2.26. The van der Waals surface area contributed by atoms with Gasteiger partial charge in [0, 0.05) is 6.04 Å². The molecule has 0 aromatic heterocycles. The molecule has 0 aliphatic heterocycles. The molecule has 0 saturated heterocycles. The first-order valence-electron chi connectivity index (χ1n) is 6.70. The molecule has 1 aromatic carbocycles. The molecule has 1 aliphatic rings. The van der Waals surface area contributed by atoms with E-state index < -0.39 is 0 Å². The highest BCUT2D eigenvalue weighted by Gasteiger charge is 2.19. The van der Waals surface area contributed by atoms with E-state index in [0.717, 1.165) is 6.54 Å². The molecule has 0 radical (unpaired) electrons. The quantitative estimate of drug-likeness (QED) is 0.812. The van der Waals surface area contributed by atoms with Crippen molar-refractivity contribution in [2.24, 2.45) is 0 Å². The second kappa shape index (κ2) is 5.49. The van der Waals surface area contributed by atoms with Gasteiger partial charge >= 0.3 is 0 Å². The lowest BCUT2D eigenvalue weighted by atomic mass is 9.86. The Hall–Kier alpha value is -0.820. The minimum atomic E-state index is 0.602. The van der Waals surface area contributed by atoms with Crippen molar-refractivity contribution in [1.82, 2.24) is 5.32 Å². The van der Waals surface area contributed by atoms with E-state index in [1.165, 1.54) is 37.7 Å². The summed E-state index contributed by atoms with van der Waals surface area (Å²) < 4.78 is 0. The van der Waals surface area contributed by atoms with E-state index in [-0.39, 0.29) is 0 Å². The van der Waals surface area contributed by atoms with Crippen LogP contribution in [0.15, 0.2) is 18.2 Å². The van der Waals surface area contributed by atoms with Gasteiger partial charge in [-0.2, -0.15) is 0 Å². The van der Waals surface area contributed by atoms with Crippen molar-refractivity contribution in [1.29, 1.82) is 0 Å². The minimum absolute atomic E-state index is 0.602. The Kier molecular flexibility index (Phi) is 4.00. The molecule has 2 rings (SSSR count). The van der Waals surface area contributed by atoms with E-state index in [1.807, 2.05) is 0 Å². The lowest BCUT2D eigenvalue weighted by molar-refractivity contribution is 0.471. The Morgan fingerprint density at radius 2 is 2.19 bits per heavy atom. The van der Waals surface area contributed by atoms with Gasteiger partial charge in [-0.05, 0) is 48.9 Å². The monoisotopic (exact) mass is 217 g/mol. The third-order valence-electron chi connectivity index (χ3n) is 3.51. The fourth-order valence-electron chi connectivity index (χ4n) is 2.75. The van der Waals surface area contributed by atoms with E-state index in [9.17, 15) is 0 Å². The summed E-state index contributed by atoms with van der Waals surface area (Å²) in [7, 11) is 0. The van der Waals surface area contributed by atoms with Crippen LogP contribution in [0.1, 0.15) is 55.8 Å². The van der Waals surface area contributed by atoms with E-state index >= 15 is 0 Å². The normalized spacial score (nSPS) is 19.5. The van der Waals surface area contributed by atoms with Crippen LogP contribution in [0, 0.1) is 0 Å². The smallest absolute Gasteiger partial charge is 0.0323 e. The zero-order valence-corrected chi connectivity index (χ0v) is 10.6. The number of rotatable bonds is 4. The first-order chi connectivity index (χ1) is 7.85. The van der Waals surface area contributed by atoms with Crippen molar-refractivity contribution < 1.29 is 0 Å². The predicted octanol–water partition coefficient (Wildman–Crippen LogP) is 3.63. The molecule has 1 unspecified atom stereocenters. The summed E-state index contributed by atoms with van der Waals surface area (Å²) in [6.45, 7) is 5.52. The van der Waals surface area contributed by atoms with Crippen LogP contribution in [0.5, 0.6) is 0 Å². The summed E-state index contributed by atoms with van der Waals surface area (Å²) >= 11 is 0. The van der Waals surface area contributed by atoms with Gasteiger partial charge in [0.25, 0.3) is 0 Å². The number of nitrogens with one attached hydrogen (secondary N) is 1. The summed E-state index contributed by atoms with van der Waals surface area (Å²) in [6.07, 6.45) is 6.36. The molecule has 1 nitrogen and oxygen atoms in total. The maximum absolute atomic E-state index is 3.61. The molecule has 88 valence electrons. The Morgan fingerprint density at radius 1 is 1.31 bits per heavy atom. The fourth-order valence-corrected chi connectivity index (χ4v) is 2.75. The van der Waals surface area contributed by atoms with Gasteiger partial charge in [-0.25, -0.2) is 0 Å². The predicted molar refractivity (Wildman–Crippen MR) is 69.8 cm³/mol. The molecular weight excluding hydrogens is 194 g/mol. The SMILES string of the molecule is CCCc1ccc2c(c1)C(NCC)CCC2. The number of fused-ring (bicyclic) bond motifs is 1. The Balaban J connectivity index is 2.25. The topological polar surface area (TPSA) is 12.0 Å². The molecule has 1 atom stereocenters. The minimum Gasteiger partial charge on any atom is -0.310 e. The Labute approximate surface area is 99.3 Å². The zero-order chi connectivity index (χ0) is 11.4. The second-order valence-corrected chi connectivity index (χ2v) is 4.79. The zero-order valence-electron chi connectivity index (χ0n) is 10.6. The third-order valence-corrected chi connectivity index (χ3v) is 3.51. The maximum Gasteiger partial charge on any atom is 0.0323 e. The second-order valence-electron chi connectivity index (χ2n) is 4.79. The highest BCUT2D eigenvalue weighted by atomic mass is 14.9. The van der Waals surface area contributed by atoms with Crippen LogP contribution in [0.4, 0.5) is 0 Å². The van der Waals surface area contributed by atoms with E-state index in [0.29, 0.717) is 6.04 Å². The van der Waals surface area contributed by atoms with Gasteiger partial charge in [0.15, 0.2) is 0 Å². The highest BCUT2D eigenvalue weighted by molar-refractivity contribution is 5.36. The van der Waals surface area contributed by atoms with Crippen molar-refractivity contribution in [2.45, 2.75) is 52.0 Å². The summed E-state index contributed by atoms with van der Waals surface area (Å²) in [5, 5.41) is 3.61. The van der Waals surface area contributed by atoms with Gasteiger partial charge < -0.3 is 5.32 Å². The molecule has 0 saturated carbocycles. The van der Waals surface area contributed by atoms with Crippen LogP contribution >= 0.6 is 0 Å². The average Bonchev–Trinajstić information content (AvgIpc) is 2.31. The standard InChI is InChI=1S/C15H23N/c1-3-6-12-9-10-13-7-5-8-15(16-4-2)14(13)11-12/h9-11,15-16H,3-8H2,1-2H3. The van der Waals surface area contributed by atoms with Gasteiger partial charge in [-0.3, -0.25) is 0 Å². The van der Waals surface area contributed by atoms with E-state index in [1.54, 1.807) is 11.1 Å². The lowest BCUT2D eigenvalue weighted by Crippen LogP contribution is -2.25. The summed E-state index contributed by atoms with van der Waals surface area (Å²) in [6, 6.07) is 7.71. The third kappa shape index (κ3) is 2.46. The Morgan fingerprint density at radius 3 is 2.94 bits per heavy atom. The molecule has 1 heteroatoms. The number of hydrogen-bond donors (Lipinski definition) is 1. The summed E-state index contributed by atoms with van der Waals surface area (Å²) in [5.74, 6) is 0. The van der Waals surface area contributed by atoms with Crippen molar-refractivity contribution >= 4 is 0 Å². The van der Waals surface area contributed by atoms with Crippen LogP contribution in [0.2, 0.25) is 0 Å². The number of aryl methyl sites for hydroxylation is 2. The van der Waals surface area contributed by atoms with E-state index in [2.05, 4.69) is 37.4 Å². The van der Waals surface area contributed by atoms with Crippen LogP contribution in [-0.2, 0) is 12.8 Å². The first kappa shape index (κ1) is 11.7. The van der Waals surface area contributed by atoms with Gasteiger partial charge in [0.05, 0.1) is 0 Å². The van der Waals surface area contributed by atoms with Crippen molar-refractivity contribution in [2.75, 3.05) is 6.54 Å². The molecule has 0 fully saturated rings. The van der Waals surface area contributed by atoms with Crippen LogP contribution in [0.25, 0.3) is 0 Å². The molecule has 1 aliphatic carbocycles. The van der Waals surface area contributed by atoms with Gasteiger partial charge in [-0.1, -0.05) is 38.5 Å². The van der Waals surface area contributed by atoms with E-state index in [4.69, 9.17) is 0 Å². The van der Waals surface area contributed by atoms with Crippen molar-refractivity contribution in [3.63, 3.8) is 0 Å². The molecule has 0 bridgehead atoms. The largest absolute Gasteiger partial charge is 0.310 e. The number of hydrogen-bond acceptors (Lipinski definition) is 1. The molecule has 1 N–H and O–H groups in total. The summed E-state index contributed by atoms with van der Waals surface area (Å²) in [4.78, 5) is 0. The van der Waals surface area contributed by atoms with Gasteiger partial charge in [0.1, 0.15) is 0 Å². The number of benzene rings is 1. The molecular formula is C15H23N. The molecule has 0 spiro atoms. The maximum atomic E-state index is 3.61. The molecule has 0 heterocycles. The van der Waals surface area contributed by atoms with Crippen LogP contribution in [-0.4, -0.2) is 6.54 Å². The highest BCUT2D eigenvalue weighted by Crippen LogP contribution is 2.30. The first-order valence-corrected chi connectivity index (χ1v) is 6.70.